The van der Waals surface area contributed by atoms with Crippen LogP contribution in [-0.2, 0) is 37.5 Å². The molecule has 0 saturated heterocycles. The maximum atomic E-state index is 13.3. The Morgan fingerprint density at radius 3 is 1.13 bits per heavy atom. The molecule has 244 valence electrons. The fraction of sp³-hybridized carbons (Fsp3) is 0.414. The molecule has 5 rings (SSSR count). The van der Waals surface area contributed by atoms with E-state index in [4.69, 9.17) is 0 Å². The molecule has 4 nitrogen and oxygen atoms in total. The van der Waals surface area contributed by atoms with Crippen LogP contribution in [0.15, 0.2) is 48.8 Å². The second-order valence-electron chi connectivity index (χ2n) is 10.8. The summed E-state index contributed by atoms with van der Waals surface area (Å²) >= 11 is 0. The van der Waals surface area contributed by atoms with Gasteiger partial charge in [-0.2, -0.15) is 52.7 Å². The van der Waals surface area contributed by atoms with Crippen molar-refractivity contribution >= 4 is 17.1 Å². The molecule has 3 aromatic rings. The molecule has 2 aliphatic heterocycles. The van der Waals surface area contributed by atoms with Crippen molar-refractivity contribution in [2.75, 3.05) is 54.0 Å². The van der Waals surface area contributed by atoms with Crippen LogP contribution >= 0.6 is 0 Å². The molecule has 0 spiro atoms. The number of alkyl halides is 12. The van der Waals surface area contributed by atoms with Crippen molar-refractivity contribution in [3.05, 3.63) is 82.2 Å². The van der Waals surface area contributed by atoms with E-state index in [0.29, 0.717) is 67.5 Å². The van der Waals surface area contributed by atoms with Crippen molar-refractivity contribution < 1.29 is 52.7 Å². The fourth-order valence-corrected chi connectivity index (χ4v) is 5.60. The van der Waals surface area contributed by atoms with E-state index in [1.54, 1.807) is 9.80 Å². The second-order valence-corrected chi connectivity index (χ2v) is 10.8. The summed E-state index contributed by atoms with van der Waals surface area (Å²) in [6, 6.07) is 2.87. The number of aromatic nitrogens is 1. The average molecular weight is 657 g/mol. The molecule has 3 heterocycles. The van der Waals surface area contributed by atoms with E-state index in [1.807, 2.05) is 4.90 Å². The Labute approximate surface area is 248 Å². The SMILES string of the molecule is FC(F)(F)c1cc(CCN2CCN3CCN(CCc4cc(C(F)(F)F)cc(C(F)(F)F)c4)c4cncc2c43)cc(C(F)(F)F)c1. The van der Waals surface area contributed by atoms with Crippen molar-refractivity contribution in [1.29, 1.82) is 0 Å². The first kappa shape index (κ1) is 32.5. The first-order valence-electron chi connectivity index (χ1n) is 13.6. The van der Waals surface area contributed by atoms with Crippen LogP contribution in [0.25, 0.3) is 0 Å². The summed E-state index contributed by atoms with van der Waals surface area (Å²) in [7, 11) is 0. The van der Waals surface area contributed by atoms with Gasteiger partial charge in [0.15, 0.2) is 0 Å². The summed E-state index contributed by atoms with van der Waals surface area (Å²) in [5, 5.41) is 0. The van der Waals surface area contributed by atoms with Gasteiger partial charge in [-0.3, -0.25) is 4.98 Å². The third-order valence-electron chi connectivity index (χ3n) is 7.79. The minimum Gasteiger partial charge on any atom is -0.366 e. The van der Waals surface area contributed by atoms with Crippen LogP contribution in [0.3, 0.4) is 0 Å². The maximum absolute atomic E-state index is 13.3. The Morgan fingerprint density at radius 1 is 0.489 bits per heavy atom. The summed E-state index contributed by atoms with van der Waals surface area (Å²) in [6.45, 7) is 1.86. The summed E-state index contributed by atoms with van der Waals surface area (Å²) in [6.07, 6.45) is -17.2. The van der Waals surface area contributed by atoms with Gasteiger partial charge in [0, 0.05) is 39.3 Å². The van der Waals surface area contributed by atoms with Crippen LogP contribution < -0.4 is 14.7 Å². The molecule has 2 aromatic carbocycles. The number of anilines is 3. The third-order valence-corrected chi connectivity index (χ3v) is 7.79. The highest BCUT2D eigenvalue weighted by atomic mass is 19.4. The van der Waals surface area contributed by atoms with Gasteiger partial charge in [-0.05, 0) is 60.4 Å². The van der Waals surface area contributed by atoms with Gasteiger partial charge in [0.05, 0.1) is 51.7 Å². The molecule has 0 unspecified atom stereocenters. The molecule has 1 aromatic heterocycles. The lowest BCUT2D eigenvalue weighted by molar-refractivity contribution is -0.144. The Kier molecular flexibility index (Phi) is 8.32. The van der Waals surface area contributed by atoms with Gasteiger partial charge in [0.2, 0.25) is 0 Å². The Balaban J connectivity index is 1.37. The van der Waals surface area contributed by atoms with Crippen LogP contribution in [0.4, 0.5) is 69.7 Å². The van der Waals surface area contributed by atoms with Gasteiger partial charge in [0.25, 0.3) is 0 Å². The number of halogens is 12. The predicted molar refractivity (Wildman–Crippen MR) is 141 cm³/mol. The molecule has 2 aliphatic rings. The molecule has 45 heavy (non-hydrogen) atoms. The quantitative estimate of drug-likeness (QED) is 0.250. The first-order chi connectivity index (χ1) is 20.8. The van der Waals surface area contributed by atoms with Gasteiger partial charge in [-0.15, -0.1) is 0 Å². The summed E-state index contributed by atoms with van der Waals surface area (Å²) < 4.78 is 160. The minimum absolute atomic E-state index is 0.0645. The molecule has 0 bridgehead atoms. The molecule has 16 heteroatoms. The zero-order valence-electron chi connectivity index (χ0n) is 23.1. The highest BCUT2D eigenvalue weighted by Gasteiger charge is 2.39. The molecule has 0 N–H and O–H groups in total. The van der Waals surface area contributed by atoms with Crippen molar-refractivity contribution in [2.45, 2.75) is 37.5 Å². The average Bonchev–Trinajstić information content (AvgIpc) is 2.94. The normalized spacial score (nSPS) is 15.9. The third kappa shape index (κ3) is 7.19. The molecule has 0 saturated carbocycles. The monoisotopic (exact) mass is 656 g/mol. The van der Waals surface area contributed by atoms with Gasteiger partial charge < -0.3 is 14.7 Å². The Hall–Kier alpha value is -3.85. The number of rotatable bonds is 6. The lowest BCUT2D eigenvalue weighted by Gasteiger charge is -2.45. The van der Waals surface area contributed by atoms with E-state index >= 15 is 0 Å². The molecule has 0 fully saturated rings. The summed E-state index contributed by atoms with van der Waals surface area (Å²) in [4.78, 5) is 9.80. The zero-order valence-corrected chi connectivity index (χ0v) is 23.1. The Morgan fingerprint density at radius 2 is 0.822 bits per heavy atom. The van der Waals surface area contributed by atoms with E-state index in [-0.39, 0.29) is 49.2 Å². The number of hydrogen-bond donors (Lipinski definition) is 0. The van der Waals surface area contributed by atoms with Crippen LogP contribution in [-0.4, -0.2) is 44.3 Å². The smallest absolute Gasteiger partial charge is 0.366 e. The van der Waals surface area contributed by atoms with Crippen molar-refractivity contribution in [3.8, 4) is 0 Å². The number of benzene rings is 2. The van der Waals surface area contributed by atoms with Crippen LogP contribution in [0.2, 0.25) is 0 Å². The molecule has 0 aliphatic carbocycles. The molecule has 0 radical (unpaired) electrons. The van der Waals surface area contributed by atoms with Crippen molar-refractivity contribution in [2.24, 2.45) is 0 Å². The largest absolute Gasteiger partial charge is 0.416 e. The maximum Gasteiger partial charge on any atom is 0.416 e. The number of hydrogen-bond acceptors (Lipinski definition) is 4. The fourth-order valence-electron chi connectivity index (χ4n) is 5.60. The first-order valence-corrected chi connectivity index (χ1v) is 13.6. The van der Waals surface area contributed by atoms with Crippen molar-refractivity contribution in [1.82, 2.24) is 4.98 Å². The van der Waals surface area contributed by atoms with Gasteiger partial charge in [-0.25, -0.2) is 0 Å². The lowest BCUT2D eigenvalue weighted by Crippen LogP contribution is -2.49. The van der Waals surface area contributed by atoms with E-state index in [0.717, 1.165) is 0 Å². The van der Waals surface area contributed by atoms with Crippen LogP contribution in [0, 0.1) is 0 Å². The van der Waals surface area contributed by atoms with E-state index < -0.39 is 47.0 Å². The number of pyridine rings is 1. The standard InChI is InChI=1S/C29H24F12N4/c30-26(31,32)19-9-17(10-20(13-19)27(33,34)35)1-3-43-5-7-45-8-6-44(24-16-42-15-23(43)25(24)45)4-2-18-11-21(28(36,37)38)14-22(12-18)29(39,40)41/h9-16H,1-8H2. The van der Waals surface area contributed by atoms with Crippen LogP contribution in [0.5, 0.6) is 0 Å². The molecular weight excluding hydrogens is 632 g/mol. The number of nitrogens with zero attached hydrogens (tertiary/aromatic N) is 4. The van der Waals surface area contributed by atoms with E-state index in [2.05, 4.69) is 4.98 Å². The topological polar surface area (TPSA) is 22.6 Å². The molecular formula is C29H24F12N4. The van der Waals surface area contributed by atoms with Gasteiger partial charge >= 0.3 is 24.7 Å². The van der Waals surface area contributed by atoms with Gasteiger partial charge in [0.1, 0.15) is 0 Å². The van der Waals surface area contributed by atoms with E-state index in [1.165, 1.54) is 12.4 Å². The minimum atomic E-state index is -4.98. The zero-order chi connectivity index (χ0) is 32.9. The van der Waals surface area contributed by atoms with Crippen LogP contribution in [0.1, 0.15) is 33.4 Å². The van der Waals surface area contributed by atoms with Crippen molar-refractivity contribution in [3.63, 3.8) is 0 Å². The van der Waals surface area contributed by atoms with E-state index in [9.17, 15) is 52.7 Å². The highest BCUT2D eigenvalue weighted by molar-refractivity contribution is 5.86. The molecule has 0 amide bonds. The lowest BCUT2D eigenvalue weighted by atomic mass is 10.0. The summed E-state index contributed by atoms with van der Waals surface area (Å²) in [5.41, 5.74) is -4.15. The summed E-state index contributed by atoms with van der Waals surface area (Å²) in [5.74, 6) is 0. The molecule has 0 atom stereocenters. The van der Waals surface area contributed by atoms with Gasteiger partial charge in [-0.1, -0.05) is 0 Å². The highest BCUT2D eigenvalue weighted by Crippen LogP contribution is 2.43. The predicted octanol–water partition coefficient (Wildman–Crippen LogP) is 8.09. The second kappa shape index (κ2) is 11.5. The Bertz CT molecular complexity index is 1370.